The zero-order valence-electron chi connectivity index (χ0n) is 19.3. The lowest BCUT2D eigenvalue weighted by Gasteiger charge is -2.21. The van der Waals surface area contributed by atoms with Gasteiger partial charge in [0.15, 0.2) is 11.5 Å². The number of pyridine rings is 1. The highest BCUT2D eigenvalue weighted by molar-refractivity contribution is 6.09. The van der Waals surface area contributed by atoms with Crippen LogP contribution in [0.4, 0.5) is 5.82 Å². The van der Waals surface area contributed by atoms with Crippen LogP contribution < -0.4 is 22.3 Å². The summed E-state index contributed by atoms with van der Waals surface area (Å²) in [5, 5.41) is 3.09. The van der Waals surface area contributed by atoms with E-state index in [0.29, 0.717) is 17.0 Å². The van der Waals surface area contributed by atoms with E-state index >= 15 is 0 Å². The predicted molar refractivity (Wildman–Crippen MR) is 134 cm³/mol. The Kier molecular flexibility index (Phi) is 7.18. The molecule has 8 heteroatoms. The summed E-state index contributed by atoms with van der Waals surface area (Å²) in [6.45, 7) is 0.745. The molecule has 2 heterocycles. The first-order valence-electron chi connectivity index (χ1n) is 11.6. The minimum atomic E-state index is -0.430. The number of H-pyrrole nitrogens is 1. The van der Waals surface area contributed by atoms with Gasteiger partial charge in [0.2, 0.25) is 5.78 Å². The van der Waals surface area contributed by atoms with Crippen molar-refractivity contribution in [3.63, 3.8) is 0 Å². The fourth-order valence-corrected chi connectivity index (χ4v) is 4.40. The number of hydrogen-bond donors (Lipinski definition) is 4. The Morgan fingerprint density at radius 1 is 1.21 bits per heavy atom. The van der Waals surface area contributed by atoms with E-state index in [-0.39, 0.29) is 23.0 Å². The zero-order valence-corrected chi connectivity index (χ0v) is 19.3. The van der Waals surface area contributed by atoms with E-state index in [4.69, 9.17) is 11.5 Å². The number of hydrogen-bond acceptors (Lipinski definition) is 7. The van der Waals surface area contributed by atoms with Crippen molar-refractivity contribution in [2.45, 2.75) is 44.6 Å². The van der Waals surface area contributed by atoms with E-state index in [1.807, 2.05) is 37.4 Å². The number of ketones is 1. The van der Waals surface area contributed by atoms with Crippen LogP contribution in [-0.2, 0) is 6.54 Å². The number of aromatic nitrogens is 3. The second kappa shape index (κ2) is 10.4. The number of nitrogens with two attached hydrogens (primary N) is 2. The first-order valence-corrected chi connectivity index (χ1v) is 11.6. The smallest absolute Gasteiger partial charge is 0.251 e. The van der Waals surface area contributed by atoms with Gasteiger partial charge in [-0.2, -0.15) is 0 Å². The molecule has 1 aromatic carbocycles. The molecule has 0 unspecified atom stereocenters. The van der Waals surface area contributed by atoms with Crippen molar-refractivity contribution in [3.8, 4) is 11.3 Å². The average Bonchev–Trinajstić information content (AvgIpc) is 2.86. The fraction of sp³-hybridized carbons (Fsp3) is 0.308. The van der Waals surface area contributed by atoms with Gasteiger partial charge in [-0.1, -0.05) is 43.5 Å². The monoisotopic (exact) mass is 458 g/mol. The maximum absolute atomic E-state index is 13.0. The van der Waals surface area contributed by atoms with E-state index in [0.717, 1.165) is 48.9 Å². The minimum Gasteiger partial charge on any atom is -0.398 e. The molecule has 4 rings (SSSR count). The Bertz CT molecular complexity index is 1260. The van der Waals surface area contributed by atoms with Gasteiger partial charge in [-0.15, -0.1) is 0 Å². The number of nitrogens with zero attached hydrogens (tertiary/aromatic N) is 2. The molecule has 0 aliphatic heterocycles. The summed E-state index contributed by atoms with van der Waals surface area (Å²) in [5.74, 6) is -0.165. The topological polar surface area (TPSA) is 140 Å². The minimum absolute atomic E-state index is 0.0256. The van der Waals surface area contributed by atoms with Crippen LogP contribution in [0.5, 0.6) is 0 Å². The summed E-state index contributed by atoms with van der Waals surface area (Å²) in [6, 6.07) is 9.49. The number of benzene rings is 1. The van der Waals surface area contributed by atoms with Gasteiger partial charge in [0.25, 0.3) is 5.56 Å². The molecular weight excluding hydrogens is 428 g/mol. The van der Waals surface area contributed by atoms with Crippen molar-refractivity contribution in [3.05, 3.63) is 81.5 Å². The van der Waals surface area contributed by atoms with Gasteiger partial charge in [-0.05, 0) is 43.0 Å². The Balaban J connectivity index is 1.61. The van der Waals surface area contributed by atoms with Crippen molar-refractivity contribution in [1.29, 1.82) is 0 Å². The van der Waals surface area contributed by atoms with Crippen LogP contribution in [0, 0.1) is 0 Å². The Labute approximate surface area is 198 Å². The lowest BCUT2D eigenvalue weighted by molar-refractivity contribution is 0.104. The van der Waals surface area contributed by atoms with Crippen molar-refractivity contribution in [1.82, 2.24) is 20.3 Å². The van der Waals surface area contributed by atoms with Gasteiger partial charge in [0, 0.05) is 35.6 Å². The molecule has 34 heavy (non-hydrogen) atoms. The zero-order chi connectivity index (χ0) is 24.1. The van der Waals surface area contributed by atoms with Crippen LogP contribution in [0.3, 0.4) is 0 Å². The second-order valence-corrected chi connectivity index (χ2v) is 8.69. The molecule has 1 saturated carbocycles. The van der Waals surface area contributed by atoms with Crippen LogP contribution in [0.2, 0.25) is 0 Å². The van der Waals surface area contributed by atoms with Gasteiger partial charge < -0.3 is 21.8 Å². The van der Waals surface area contributed by atoms with E-state index in [1.54, 1.807) is 6.20 Å². The number of carbonyl (C=O) groups excluding carboxylic acids is 1. The van der Waals surface area contributed by atoms with E-state index in [2.05, 4.69) is 20.3 Å². The third kappa shape index (κ3) is 5.23. The van der Waals surface area contributed by atoms with Crippen LogP contribution >= 0.6 is 0 Å². The highest BCUT2D eigenvalue weighted by Gasteiger charge is 2.20. The lowest BCUT2D eigenvalue weighted by Crippen LogP contribution is -2.18. The van der Waals surface area contributed by atoms with Crippen molar-refractivity contribution in [2.75, 3.05) is 12.8 Å². The van der Waals surface area contributed by atoms with Crippen molar-refractivity contribution in [2.24, 2.45) is 5.73 Å². The normalized spacial score (nSPS) is 14.8. The number of nitrogen functional groups attached to an aromatic ring is 1. The average molecular weight is 459 g/mol. The fourth-order valence-electron chi connectivity index (χ4n) is 4.40. The van der Waals surface area contributed by atoms with Crippen LogP contribution in [0.1, 0.15) is 65.2 Å². The van der Waals surface area contributed by atoms with Crippen molar-refractivity contribution < 1.29 is 4.79 Å². The number of nitrogens with one attached hydrogen (secondary N) is 2. The Morgan fingerprint density at radius 2 is 1.94 bits per heavy atom. The number of aromatic amines is 1. The Morgan fingerprint density at radius 3 is 2.65 bits per heavy atom. The number of rotatable bonds is 7. The molecule has 3 aromatic rings. The number of allylic oxidation sites excluding steroid dienone is 1. The second-order valence-electron chi connectivity index (χ2n) is 8.69. The molecule has 1 aliphatic rings. The van der Waals surface area contributed by atoms with E-state index in [9.17, 15) is 9.59 Å². The van der Waals surface area contributed by atoms with Crippen LogP contribution in [0.15, 0.2) is 53.6 Å². The highest BCUT2D eigenvalue weighted by atomic mass is 16.1. The first-order chi connectivity index (χ1) is 16.5. The quantitative estimate of drug-likeness (QED) is 0.314. The Hall–Kier alpha value is -3.78. The van der Waals surface area contributed by atoms with E-state index in [1.165, 1.54) is 18.7 Å². The van der Waals surface area contributed by atoms with Gasteiger partial charge in [-0.25, -0.2) is 9.97 Å². The van der Waals surface area contributed by atoms with Crippen LogP contribution in [0.25, 0.3) is 17.0 Å². The summed E-state index contributed by atoms with van der Waals surface area (Å²) in [6.07, 6.45) is 9.89. The molecule has 0 amide bonds. The summed E-state index contributed by atoms with van der Waals surface area (Å²) < 4.78 is 0. The summed E-state index contributed by atoms with van der Waals surface area (Å²) in [7, 11) is 1.88. The van der Waals surface area contributed by atoms with Gasteiger partial charge >= 0.3 is 0 Å². The predicted octanol–water partition coefficient (Wildman–Crippen LogP) is 3.36. The largest absolute Gasteiger partial charge is 0.398 e. The summed E-state index contributed by atoms with van der Waals surface area (Å²) in [4.78, 5) is 36.9. The van der Waals surface area contributed by atoms with E-state index < -0.39 is 5.78 Å². The molecule has 0 radical (unpaired) electrons. The molecule has 0 spiro atoms. The number of carbonyl (C=O) groups is 1. The molecule has 1 fully saturated rings. The number of anilines is 1. The highest BCUT2D eigenvalue weighted by Crippen LogP contribution is 2.32. The molecule has 8 nitrogen and oxygen atoms in total. The molecule has 0 atom stereocenters. The maximum atomic E-state index is 13.0. The lowest BCUT2D eigenvalue weighted by atomic mass is 9.84. The molecule has 176 valence electrons. The molecule has 0 bridgehead atoms. The van der Waals surface area contributed by atoms with Crippen molar-refractivity contribution >= 4 is 17.3 Å². The van der Waals surface area contributed by atoms with Gasteiger partial charge in [-0.3, -0.25) is 9.59 Å². The van der Waals surface area contributed by atoms with Gasteiger partial charge in [0.05, 0.1) is 11.9 Å². The van der Waals surface area contributed by atoms with Crippen LogP contribution in [-0.4, -0.2) is 27.8 Å². The molecule has 6 N–H and O–H groups in total. The summed E-state index contributed by atoms with van der Waals surface area (Å²) in [5.41, 5.74) is 16.2. The third-order valence-electron chi connectivity index (χ3n) is 6.26. The molecule has 2 aromatic heterocycles. The maximum Gasteiger partial charge on any atom is 0.251 e. The third-order valence-corrected chi connectivity index (χ3v) is 6.26. The standard InChI is InChI=1S/C26H30N6O2/c1-29-13-16-7-9-18(10-8-16)21(27)12-23(33)24-25(28)30-15-22(32-24)19-11-20(26(34)31-14-19)17-5-3-2-4-6-17/h7-12,14-15,17,29H,2-6,13,27H2,1H3,(H2,28,30)(H,31,34). The first kappa shape index (κ1) is 23.4. The van der Waals surface area contributed by atoms with Gasteiger partial charge in [0.1, 0.15) is 0 Å². The molecular formula is C26H30N6O2. The molecule has 1 aliphatic carbocycles. The molecule has 0 saturated heterocycles. The SMILES string of the molecule is CNCc1ccc(C(N)=CC(=O)c2nc(-c3c[nH]c(=O)c(C4CCCCC4)c3)cnc2N)cc1. The summed E-state index contributed by atoms with van der Waals surface area (Å²) >= 11 is 0.